The predicted octanol–water partition coefficient (Wildman–Crippen LogP) is 4.86. The van der Waals surface area contributed by atoms with E-state index in [4.69, 9.17) is 14.2 Å². The average molecular weight is 433 g/mol. The van der Waals surface area contributed by atoms with Gasteiger partial charge in [0.05, 0.1) is 26.0 Å². The lowest BCUT2D eigenvalue weighted by atomic mass is 10.2. The van der Waals surface area contributed by atoms with E-state index in [2.05, 4.69) is 17.2 Å². The van der Waals surface area contributed by atoms with Crippen LogP contribution in [0.4, 0.5) is 5.13 Å². The monoisotopic (exact) mass is 432 g/mol. The molecule has 0 saturated heterocycles. The van der Waals surface area contributed by atoms with Gasteiger partial charge < -0.3 is 14.2 Å². The number of unbranched alkanes of at least 4 members (excludes halogenated alkanes) is 2. The second-order valence-corrected chi connectivity index (χ2v) is 7.44. The summed E-state index contributed by atoms with van der Waals surface area (Å²) < 4.78 is 16.1. The first-order valence-electron chi connectivity index (χ1n) is 9.92. The van der Waals surface area contributed by atoms with E-state index in [1.807, 2.05) is 18.2 Å². The lowest BCUT2D eigenvalue weighted by molar-refractivity contribution is -0.111. The average Bonchev–Trinajstić information content (AvgIpc) is 3.10. The predicted molar refractivity (Wildman–Crippen MR) is 118 cm³/mol. The van der Waals surface area contributed by atoms with Crippen LogP contribution in [0.2, 0.25) is 0 Å². The lowest BCUT2D eigenvalue weighted by Crippen LogP contribution is -2.07. The molecule has 0 radical (unpaired) electrons. The smallest absolute Gasteiger partial charge is 0.350 e. The molecule has 0 bridgehead atoms. The fourth-order valence-electron chi connectivity index (χ4n) is 2.60. The molecule has 2 aromatic rings. The zero-order valence-electron chi connectivity index (χ0n) is 17.8. The Morgan fingerprint density at radius 1 is 1.20 bits per heavy atom. The number of nitrogens with one attached hydrogen (secondary N) is 1. The maximum absolute atomic E-state index is 12.2. The normalized spacial score (nSPS) is 10.8. The standard InChI is InChI=1S/C22H28N2O5S/c1-5-7-8-13-29-17-11-9-16(14-18(17)27-4)10-12-19(25)24-22-23-15(3)20(30-22)21(26)28-6-2/h9-12,14H,5-8,13H2,1-4H3,(H,23,24,25)/b12-10+. The Hall–Kier alpha value is -2.87. The second-order valence-electron chi connectivity index (χ2n) is 6.44. The molecule has 8 heteroatoms. The van der Waals surface area contributed by atoms with E-state index >= 15 is 0 Å². The fraction of sp³-hybridized carbons (Fsp3) is 0.409. The molecule has 0 aliphatic carbocycles. The molecular formula is C22H28N2O5S. The molecule has 1 aromatic carbocycles. The molecular weight excluding hydrogens is 404 g/mol. The molecule has 30 heavy (non-hydrogen) atoms. The number of aromatic nitrogens is 1. The van der Waals surface area contributed by atoms with Gasteiger partial charge in [0.15, 0.2) is 16.6 Å². The number of anilines is 1. The van der Waals surface area contributed by atoms with Crippen molar-refractivity contribution in [2.24, 2.45) is 0 Å². The van der Waals surface area contributed by atoms with Crippen LogP contribution in [0.3, 0.4) is 0 Å². The lowest BCUT2D eigenvalue weighted by Gasteiger charge is -2.11. The Morgan fingerprint density at radius 3 is 2.70 bits per heavy atom. The van der Waals surface area contributed by atoms with E-state index in [-0.39, 0.29) is 12.5 Å². The third-order valence-corrected chi connectivity index (χ3v) is 5.16. The van der Waals surface area contributed by atoms with Crippen LogP contribution >= 0.6 is 11.3 Å². The number of methoxy groups -OCH3 is 1. The molecule has 0 aliphatic heterocycles. The van der Waals surface area contributed by atoms with Crippen molar-refractivity contribution in [3.05, 3.63) is 40.4 Å². The molecule has 0 saturated carbocycles. The molecule has 1 N–H and O–H groups in total. The number of rotatable bonds is 11. The quantitative estimate of drug-likeness (QED) is 0.310. The highest BCUT2D eigenvalue weighted by Gasteiger charge is 2.17. The molecule has 0 unspecified atom stereocenters. The summed E-state index contributed by atoms with van der Waals surface area (Å²) in [6.07, 6.45) is 6.33. The zero-order valence-corrected chi connectivity index (χ0v) is 18.6. The highest BCUT2D eigenvalue weighted by atomic mass is 32.1. The van der Waals surface area contributed by atoms with E-state index in [1.54, 1.807) is 27.0 Å². The van der Waals surface area contributed by atoms with E-state index in [0.29, 0.717) is 33.8 Å². The second kappa shape index (κ2) is 12.0. The van der Waals surface area contributed by atoms with Gasteiger partial charge in [-0.1, -0.05) is 37.2 Å². The van der Waals surface area contributed by atoms with Gasteiger partial charge in [-0.15, -0.1) is 0 Å². The molecule has 162 valence electrons. The van der Waals surface area contributed by atoms with Gasteiger partial charge >= 0.3 is 5.97 Å². The number of esters is 1. The van der Waals surface area contributed by atoms with Gasteiger partial charge in [0, 0.05) is 6.08 Å². The van der Waals surface area contributed by atoms with Crippen molar-refractivity contribution in [2.45, 2.75) is 40.0 Å². The van der Waals surface area contributed by atoms with Crippen LogP contribution in [0.1, 0.15) is 54.0 Å². The van der Waals surface area contributed by atoms with Gasteiger partial charge in [0.2, 0.25) is 5.91 Å². The van der Waals surface area contributed by atoms with E-state index in [0.717, 1.165) is 36.2 Å². The number of hydrogen-bond acceptors (Lipinski definition) is 7. The minimum Gasteiger partial charge on any atom is -0.493 e. The summed E-state index contributed by atoms with van der Waals surface area (Å²) in [5, 5.41) is 3.01. The summed E-state index contributed by atoms with van der Waals surface area (Å²) in [5.74, 6) is 0.509. The summed E-state index contributed by atoms with van der Waals surface area (Å²) in [5.41, 5.74) is 1.32. The number of carbonyl (C=O) groups excluding carboxylic acids is 2. The molecule has 7 nitrogen and oxygen atoms in total. The van der Waals surface area contributed by atoms with Crippen LogP contribution in [0, 0.1) is 6.92 Å². The van der Waals surface area contributed by atoms with Gasteiger partial charge in [0.1, 0.15) is 4.88 Å². The third kappa shape index (κ3) is 6.88. The molecule has 0 fully saturated rings. The van der Waals surface area contributed by atoms with Crippen LogP contribution in [-0.2, 0) is 9.53 Å². The molecule has 0 atom stereocenters. The van der Waals surface area contributed by atoms with Crippen LogP contribution in [0.5, 0.6) is 11.5 Å². The Balaban J connectivity index is 1.99. The summed E-state index contributed by atoms with van der Waals surface area (Å²) in [6, 6.07) is 5.50. The van der Waals surface area contributed by atoms with Crippen LogP contribution < -0.4 is 14.8 Å². The maximum atomic E-state index is 12.2. The number of ether oxygens (including phenoxy) is 3. The minimum atomic E-state index is -0.437. The summed E-state index contributed by atoms with van der Waals surface area (Å²) in [4.78, 5) is 28.7. The van der Waals surface area contributed by atoms with Crippen molar-refractivity contribution in [1.29, 1.82) is 0 Å². The first-order valence-corrected chi connectivity index (χ1v) is 10.7. The molecule has 1 heterocycles. The van der Waals surface area contributed by atoms with Gasteiger partial charge in [-0.3, -0.25) is 10.1 Å². The minimum absolute atomic E-state index is 0.284. The summed E-state index contributed by atoms with van der Waals surface area (Å²) in [6.45, 7) is 6.51. The highest BCUT2D eigenvalue weighted by Crippen LogP contribution is 2.29. The molecule has 2 rings (SSSR count). The molecule has 0 aliphatic rings. The Kier molecular flexibility index (Phi) is 9.34. The van der Waals surface area contributed by atoms with E-state index in [1.165, 1.54) is 6.08 Å². The number of benzene rings is 1. The Labute approximate surface area is 181 Å². The van der Waals surface area contributed by atoms with E-state index in [9.17, 15) is 9.59 Å². The van der Waals surface area contributed by atoms with Crippen molar-refractivity contribution in [1.82, 2.24) is 4.98 Å². The fourth-order valence-corrected chi connectivity index (χ4v) is 3.46. The van der Waals surface area contributed by atoms with Crippen LogP contribution in [0.25, 0.3) is 6.08 Å². The van der Waals surface area contributed by atoms with Gasteiger partial charge in [0.25, 0.3) is 0 Å². The summed E-state index contributed by atoms with van der Waals surface area (Å²) in [7, 11) is 1.58. The maximum Gasteiger partial charge on any atom is 0.350 e. The largest absolute Gasteiger partial charge is 0.493 e. The highest BCUT2D eigenvalue weighted by molar-refractivity contribution is 7.17. The van der Waals surface area contributed by atoms with Gasteiger partial charge in [-0.05, 0) is 44.0 Å². The number of thiazole rings is 1. The van der Waals surface area contributed by atoms with Crippen molar-refractivity contribution < 1.29 is 23.8 Å². The van der Waals surface area contributed by atoms with Crippen LogP contribution in [-0.4, -0.2) is 37.2 Å². The first kappa shape index (κ1) is 23.4. The van der Waals surface area contributed by atoms with Gasteiger partial charge in [-0.25, -0.2) is 9.78 Å². The summed E-state index contributed by atoms with van der Waals surface area (Å²) >= 11 is 1.09. The van der Waals surface area contributed by atoms with Crippen LogP contribution in [0.15, 0.2) is 24.3 Å². The zero-order chi connectivity index (χ0) is 21.9. The number of aryl methyl sites for hydroxylation is 1. The Bertz CT molecular complexity index is 892. The topological polar surface area (TPSA) is 86.8 Å². The first-order chi connectivity index (χ1) is 14.5. The molecule has 1 amide bonds. The SMILES string of the molecule is CCCCCOc1ccc(/C=C/C(=O)Nc2nc(C)c(C(=O)OCC)s2)cc1OC. The van der Waals surface area contributed by atoms with Gasteiger partial charge in [-0.2, -0.15) is 0 Å². The number of amides is 1. The van der Waals surface area contributed by atoms with Crippen molar-refractivity contribution >= 4 is 34.4 Å². The number of nitrogens with zero attached hydrogens (tertiary/aromatic N) is 1. The molecule has 0 spiro atoms. The van der Waals surface area contributed by atoms with Crippen molar-refractivity contribution in [3.63, 3.8) is 0 Å². The van der Waals surface area contributed by atoms with Crippen molar-refractivity contribution in [3.8, 4) is 11.5 Å². The third-order valence-electron chi connectivity index (χ3n) is 4.11. The Morgan fingerprint density at radius 2 is 2.00 bits per heavy atom. The molecule has 1 aromatic heterocycles. The van der Waals surface area contributed by atoms with E-state index < -0.39 is 5.97 Å². The van der Waals surface area contributed by atoms with Crippen molar-refractivity contribution in [2.75, 3.05) is 25.6 Å². The number of carbonyl (C=O) groups is 2. The number of hydrogen-bond donors (Lipinski definition) is 1.